The molecule has 0 bridgehead atoms. The summed E-state index contributed by atoms with van der Waals surface area (Å²) in [6.45, 7) is 6.52. The molecule has 0 radical (unpaired) electrons. The maximum Gasteiger partial charge on any atom is 0.123 e. The normalized spacial score (nSPS) is 15.6. The molecule has 3 nitrogen and oxygen atoms in total. The van der Waals surface area contributed by atoms with Crippen LogP contribution in [0.25, 0.3) is 0 Å². The Labute approximate surface area is 128 Å². The molecule has 3 heteroatoms. The SMILES string of the molecule is COc1ccc(C#N)cc1CN(CC(C)C)C1CCCC1. The van der Waals surface area contributed by atoms with E-state index in [0.717, 1.165) is 24.4 Å². The predicted molar refractivity (Wildman–Crippen MR) is 85.2 cm³/mol. The molecule has 1 aliphatic rings. The highest BCUT2D eigenvalue weighted by Gasteiger charge is 2.24. The van der Waals surface area contributed by atoms with Crippen LogP contribution in [0.15, 0.2) is 18.2 Å². The van der Waals surface area contributed by atoms with Gasteiger partial charge in [-0.3, -0.25) is 4.90 Å². The van der Waals surface area contributed by atoms with E-state index in [1.165, 1.54) is 25.7 Å². The van der Waals surface area contributed by atoms with Crippen molar-refractivity contribution in [1.29, 1.82) is 5.26 Å². The number of methoxy groups -OCH3 is 1. The van der Waals surface area contributed by atoms with Gasteiger partial charge >= 0.3 is 0 Å². The molecule has 0 spiro atoms. The summed E-state index contributed by atoms with van der Waals surface area (Å²) in [5.41, 5.74) is 1.84. The molecule has 1 saturated carbocycles. The fourth-order valence-corrected chi connectivity index (χ4v) is 3.27. The lowest BCUT2D eigenvalue weighted by molar-refractivity contribution is 0.167. The molecule has 0 saturated heterocycles. The number of ether oxygens (including phenoxy) is 1. The van der Waals surface area contributed by atoms with E-state index in [-0.39, 0.29) is 0 Å². The summed E-state index contributed by atoms with van der Waals surface area (Å²) in [5, 5.41) is 9.11. The van der Waals surface area contributed by atoms with Crippen LogP contribution >= 0.6 is 0 Å². The summed E-state index contributed by atoms with van der Waals surface area (Å²) in [6.07, 6.45) is 5.28. The molecule has 0 N–H and O–H groups in total. The van der Waals surface area contributed by atoms with Crippen LogP contribution in [0.1, 0.15) is 50.7 Å². The van der Waals surface area contributed by atoms with Crippen molar-refractivity contribution in [3.63, 3.8) is 0 Å². The number of hydrogen-bond acceptors (Lipinski definition) is 3. The van der Waals surface area contributed by atoms with Crippen LogP contribution in [0.2, 0.25) is 0 Å². The fraction of sp³-hybridized carbons (Fsp3) is 0.611. The van der Waals surface area contributed by atoms with Crippen molar-refractivity contribution in [3.05, 3.63) is 29.3 Å². The molecule has 0 heterocycles. The lowest BCUT2D eigenvalue weighted by atomic mass is 10.1. The maximum absolute atomic E-state index is 9.11. The Balaban J connectivity index is 2.20. The first-order valence-corrected chi connectivity index (χ1v) is 7.95. The van der Waals surface area contributed by atoms with Crippen LogP contribution < -0.4 is 4.74 Å². The third-order valence-electron chi connectivity index (χ3n) is 4.22. The predicted octanol–water partition coefficient (Wildman–Crippen LogP) is 3.97. The third kappa shape index (κ3) is 4.22. The first kappa shape index (κ1) is 15.9. The van der Waals surface area contributed by atoms with E-state index in [0.29, 0.717) is 17.5 Å². The molecule has 0 amide bonds. The molecule has 21 heavy (non-hydrogen) atoms. The van der Waals surface area contributed by atoms with E-state index in [9.17, 15) is 0 Å². The second kappa shape index (κ2) is 7.47. The third-order valence-corrected chi connectivity index (χ3v) is 4.22. The molecule has 2 rings (SSSR count). The molecular formula is C18H26N2O. The van der Waals surface area contributed by atoms with Crippen molar-refractivity contribution in [2.24, 2.45) is 5.92 Å². The Morgan fingerprint density at radius 2 is 2.05 bits per heavy atom. The van der Waals surface area contributed by atoms with Gasteiger partial charge in [-0.15, -0.1) is 0 Å². The van der Waals surface area contributed by atoms with Crippen LogP contribution in [-0.2, 0) is 6.54 Å². The zero-order valence-corrected chi connectivity index (χ0v) is 13.4. The second-order valence-electron chi connectivity index (χ2n) is 6.40. The van der Waals surface area contributed by atoms with Gasteiger partial charge in [0, 0.05) is 24.7 Å². The van der Waals surface area contributed by atoms with Gasteiger partial charge < -0.3 is 4.74 Å². The zero-order chi connectivity index (χ0) is 15.2. The highest BCUT2D eigenvalue weighted by Crippen LogP contribution is 2.28. The highest BCUT2D eigenvalue weighted by atomic mass is 16.5. The van der Waals surface area contributed by atoms with E-state index < -0.39 is 0 Å². The Morgan fingerprint density at radius 1 is 1.33 bits per heavy atom. The van der Waals surface area contributed by atoms with Gasteiger partial charge in [0.1, 0.15) is 5.75 Å². The highest BCUT2D eigenvalue weighted by molar-refractivity contribution is 5.42. The minimum absolute atomic E-state index is 0.649. The molecule has 0 aromatic heterocycles. The average Bonchev–Trinajstić information content (AvgIpc) is 3.00. The Hall–Kier alpha value is -1.53. The first-order valence-electron chi connectivity index (χ1n) is 7.95. The topological polar surface area (TPSA) is 36.3 Å². The number of nitrogens with zero attached hydrogens (tertiary/aromatic N) is 2. The molecule has 0 aliphatic heterocycles. The van der Waals surface area contributed by atoms with Crippen molar-refractivity contribution >= 4 is 0 Å². The van der Waals surface area contributed by atoms with Gasteiger partial charge in [0.25, 0.3) is 0 Å². The van der Waals surface area contributed by atoms with Crippen molar-refractivity contribution in [1.82, 2.24) is 4.90 Å². The Morgan fingerprint density at radius 3 is 2.62 bits per heavy atom. The minimum Gasteiger partial charge on any atom is -0.496 e. The molecule has 0 atom stereocenters. The Bertz CT molecular complexity index is 498. The van der Waals surface area contributed by atoms with Crippen molar-refractivity contribution in [2.75, 3.05) is 13.7 Å². The molecule has 1 aliphatic carbocycles. The summed E-state index contributed by atoms with van der Waals surface area (Å²) in [7, 11) is 1.70. The maximum atomic E-state index is 9.11. The van der Waals surface area contributed by atoms with E-state index in [1.807, 2.05) is 18.2 Å². The molecule has 1 fully saturated rings. The number of rotatable bonds is 6. The van der Waals surface area contributed by atoms with Crippen LogP contribution in [0.3, 0.4) is 0 Å². The summed E-state index contributed by atoms with van der Waals surface area (Å²) in [4.78, 5) is 2.58. The zero-order valence-electron chi connectivity index (χ0n) is 13.4. The van der Waals surface area contributed by atoms with Crippen LogP contribution in [0.5, 0.6) is 5.75 Å². The molecule has 114 valence electrons. The van der Waals surface area contributed by atoms with E-state index in [2.05, 4.69) is 24.8 Å². The molecule has 1 aromatic rings. The van der Waals surface area contributed by atoms with Gasteiger partial charge in [0.2, 0.25) is 0 Å². The molecular weight excluding hydrogens is 260 g/mol. The fourth-order valence-electron chi connectivity index (χ4n) is 3.27. The summed E-state index contributed by atoms with van der Waals surface area (Å²) < 4.78 is 5.48. The van der Waals surface area contributed by atoms with Gasteiger partial charge in [-0.2, -0.15) is 5.26 Å². The van der Waals surface area contributed by atoms with Crippen molar-refractivity contribution in [3.8, 4) is 11.8 Å². The van der Waals surface area contributed by atoms with Gasteiger partial charge in [-0.1, -0.05) is 26.7 Å². The van der Waals surface area contributed by atoms with Crippen molar-refractivity contribution in [2.45, 2.75) is 52.1 Å². The lowest BCUT2D eigenvalue weighted by Crippen LogP contribution is -2.35. The standard InChI is InChI=1S/C18H26N2O/c1-14(2)12-20(17-6-4-5-7-17)13-16-10-15(11-19)8-9-18(16)21-3/h8-10,14,17H,4-7,12-13H2,1-3H3. The van der Waals surface area contributed by atoms with Gasteiger partial charge in [0.05, 0.1) is 18.7 Å². The molecule has 0 unspecified atom stereocenters. The Kier molecular flexibility index (Phi) is 5.64. The van der Waals surface area contributed by atoms with Gasteiger partial charge in [-0.25, -0.2) is 0 Å². The number of nitriles is 1. The van der Waals surface area contributed by atoms with Crippen LogP contribution in [-0.4, -0.2) is 24.6 Å². The molecule has 1 aromatic carbocycles. The first-order chi connectivity index (χ1) is 10.1. The smallest absolute Gasteiger partial charge is 0.123 e. The van der Waals surface area contributed by atoms with E-state index >= 15 is 0 Å². The number of benzene rings is 1. The summed E-state index contributed by atoms with van der Waals surface area (Å²) in [5.74, 6) is 1.54. The summed E-state index contributed by atoms with van der Waals surface area (Å²) >= 11 is 0. The lowest BCUT2D eigenvalue weighted by Gasteiger charge is -2.31. The average molecular weight is 286 g/mol. The minimum atomic E-state index is 0.649. The van der Waals surface area contributed by atoms with E-state index in [1.54, 1.807) is 7.11 Å². The number of hydrogen-bond donors (Lipinski definition) is 0. The monoisotopic (exact) mass is 286 g/mol. The van der Waals surface area contributed by atoms with Crippen LogP contribution in [0, 0.1) is 17.2 Å². The van der Waals surface area contributed by atoms with Crippen molar-refractivity contribution < 1.29 is 4.74 Å². The second-order valence-corrected chi connectivity index (χ2v) is 6.40. The van der Waals surface area contributed by atoms with Gasteiger partial charge in [-0.05, 0) is 37.0 Å². The van der Waals surface area contributed by atoms with Gasteiger partial charge in [0.15, 0.2) is 0 Å². The quantitative estimate of drug-likeness (QED) is 0.794. The summed E-state index contributed by atoms with van der Waals surface area (Å²) in [6, 6.07) is 8.62. The van der Waals surface area contributed by atoms with Crippen LogP contribution in [0.4, 0.5) is 0 Å². The van der Waals surface area contributed by atoms with E-state index in [4.69, 9.17) is 10.00 Å². The largest absolute Gasteiger partial charge is 0.496 e.